The summed E-state index contributed by atoms with van der Waals surface area (Å²) in [4.78, 5) is 34.5. The fourth-order valence-electron chi connectivity index (χ4n) is 5.58. The summed E-state index contributed by atoms with van der Waals surface area (Å²) in [6.45, 7) is 3.70. The van der Waals surface area contributed by atoms with Crippen molar-refractivity contribution in [3.8, 4) is 0 Å². The molecule has 280 valence electrons. The Morgan fingerprint density at radius 1 is 0.553 bits per heavy atom. The number of unbranched alkanes of at least 4 members (excludes halogenated alkanes) is 24. The zero-order valence-corrected chi connectivity index (χ0v) is 31.4. The van der Waals surface area contributed by atoms with E-state index < -0.39 is 26.5 Å². The molecular formula is C37H74NO8P. The predicted octanol–water partition coefficient (Wildman–Crippen LogP) is 10.5. The van der Waals surface area contributed by atoms with Gasteiger partial charge < -0.3 is 20.1 Å². The second-order valence-electron chi connectivity index (χ2n) is 13.2. The molecule has 0 saturated heterocycles. The van der Waals surface area contributed by atoms with E-state index in [2.05, 4.69) is 13.8 Å². The number of rotatable bonds is 37. The summed E-state index contributed by atoms with van der Waals surface area (Å²) in [7, 11) is -4.36. The topological polar surface area (TPSA) is 134 Å². The first-order valence-corrected chi connectivity index (χ1v) is 21.0. The Morgan fingerprint density at radius 2 is 0.915 bits per heavy atom. The molecule has 0 aromatic rings. The van der Waals surface area contributed by atoms with Gasteiger partial charge >= 0.3 is 19.8 Å². The van der Waals surface area contributed by atoms with E-state index in [0.717, 1.165) is 32.1 Å². The van der Waals surface area contributed by atoms with Crippen LogP contribution in [0.1, 0.15) is 194 Å². The van der Waals surface area contributed by atoms with Crippen LogP contribution in [0.5, 0.6) is 0 Å². The normalized spacial score (nSPS) is 13.4. The summed E-state index contributed by atoms with van der Waals surface area (Å²) in [6.07, 6.45) is 31.6. The summed E-state index contributed by atoms with van der Waals surface area (Å²) in [5.74, 6) is -0.825. The maximum Gasteiger partial charge on any atom is 0.472 e. The van der Waals surface area contributed by atoms with E-state index >= 15 is 0 Å². The molecule has 0 rings (SSSR count). The minimum absolute atomic E-state index is 0.0575. The average Bonchev–Trinajstić information content (AvgIpc) is 3.05. The van der Waals surface area contributed by atoms with E-state index in [1.807, 2.05) is 0 Å². The third-order valence-corrected chi connectivity index (χ3v) is 9.48. The molecular weight excluding hydrogens is 617 g/mol. The largest absolute Gasteiger partial charge is 0.472 e. The van der Waals surface area contributed by atoms with E-state index in [1.165, 1.54) is 128 Å². The van der Waals surface area contributed by atoms with Crippen molar-refractivity contribution in [1.29, 1.82) is 0 Å². The van der Waals surface area contributed by atoms with Crippen molar-refractivity contribution in [3.05, 3.63) is 0 Å². The summed E-state index contributed by atoms with van der Waals surface area (Å²) in [5.41, 5.74) is 5.32. The lowest BCUT2D eigenvalue weighted by atomic mass is 10.0. The minimum atomic E-state index is -4.36. The number of phosphoric acid groups is 1. The number of hydrogen-bond donors (Lipinski definition) is 2. The molecule has 9 nitrogen and oxygen atoms in total. The summed E-state index contributed by atoms with van der Waals surface area (Å²) >= 11 is 0. The maximum atomic E-state index is 12.5. The first-order chi connectivity index (χ1) is 22.8. The molecule has 0 aromatic heterocycles. The Balaban J connectivity index is 4.04. The van der Waals surface area contributed by atoms with Crippen LogP contribution < -0.4 is 5.73 Å². The van der Waals surface area contributed by atoms with Gasteiger partial charge in [0.15, 0.2) is 6.10 Å². The first kappa shape index (κ1) is 46.0. The van der Waals surface area contributed by atoms with Crippen molar-refractivity contribution in [2.45, 2.75) is 200 Å². The zero-order chi connectivity index (χ0) is 34.7. The second-order valence-corrected chi connectivity index (χ2v) is 14.6. The van der Waals surface area contributed by atoms with E-state index in [1.54, 1.807) is 0 Å². The Hall–Kier alpha value is -0.990. The fourth-order valence-corrected chi connectivity index (χ4v) is 6.34. The van der Waals surface area contributed by atoms with Crippen molar-refractivity contribution < 1.29 is 37.6 Å². The maximum absolute atomic E-state index is 12.5. The number of nitrogens with two attached hydrogens (primary N) is 1. The Morgan fingerprint density at radius 3 is 1.30 bits per heavy atom. The van der Waals surface area contributed by atoms with Gasteiger partial charge in [0.25, 0.3) is 0 Å². The highest BCUT2D eigenvalue weighted by molar-refractivity contribution is 7.47. The molecule has 47 heavy (non-hydrogen) atoms. The molecule has 0 aromatic carbocycles. The molecule has 0 saturated carbocycles. The van der Waals surface area contributed by atoms with Gasteiger partial charge in [-0.05, 0) is 12.8 Å². The number of hydrogen-bond acceptors (Lipinski definition) is 8. The van der Waals surface area contributed by atoms with Crippen LogP contribution in [0.15, 0.2) is 0 Å². The van der Waals surface area contributed by atoms with E-state index in [4.69, 9.17) is 24.3 Å². The molecule has 0 amide bonds. The molecule has 0 aliphatic rings. The third kappa shape index (κ3) is 34.7. The SMILES string of the molecule is CCCCCCCCCCCCCCCCCCCCCC(=O)OC(COC(=O)CCCCCCCCC)COP(=O)(O)OCCN. The van der Waals surface area contributed by atoms with Crippen molar-refractivity contribution >= 4 is 19.8 Å². The lowest BCUT2D eigenvalue weighted by Gasteiger charge is -2.19. The van der Waals surface area contributed by atoms with Crippen molar-refractivity contribution in [1.82, 2.24) is 0 Å². The highest BCUT2D eigenvalue weighted by atomic mass is 31.2. The molecule has 0 heterocycles. The van der Waals surface area contributed by atoms with Gasteiger partial charge in [-0.1, -0.05) is 168 Å². The number of ether oxygens (including phenoxy) is 2. The number of esters is 2. The summed E-state index contributed by atoms with van der Waals surface area (Å²) in [6, 6.07) is 0. The van der Waals surface area contributed by atoms with Crippen LogP contribution in [-0.4, -0.2) is 49.3 Å². The highest BCUT2D eigenvalue weighted by Crippen LogP contribution is 2.43. The molecule has 3 N–H and O–H groups in total. The van der Waals surface area contributed by atoms with E-state index in [9.17, 15) is 19.0 Å². The standard InChI is InChI=1S/C37H74NO8P/c1-3-5-7-9-11-12-13-14-15-16-17-18-19-20-21-22-24-26-28-30-37(40)46-35(34-45-47(41,42)44-32-31-38)33-43-36(39)29-27-25-23-10-8-6-4-2/h35H,3-34,38H2,1-2H3,(H,41,42). The molecule has 0 spiro atoms. The molecule has 10 heteroatoms. The van der Waals surface area contributed by atoms with Gasteiger partial charge in [-0.3, -0.25) is 18.6 Å². The minimum Gasteiger partial charge on any atom is -0.462 e. The van der Waals surface area contributed by atoms with Crippen molar-refractivity contribution in [2.24, 2.45) is 5.73 Å². The first-order valence-electron chi connectivity index (χ1n) is 19.5. The van der Waals surface area contributed by atoms with Crippen LogP contribution in [0.2, 0.25) is 0 Å². The molecule has 0 radical (unpaired) electrons. The number of phosphoric ester groups is 1. The Bertz CT molecular complexity index is 754. The Labute approximate surface area is 288 Å². The van der Waals surface area contributed by atoms with Gasteiger partial charge in [0.1, 0.15) is 6.61 Å². The molecule has 0 aliphatic heterocycles. The summed E-state index contributed by atoms with van der Waals surface area (Å²) < 4.78 is 32.5. The van der Waals surface area contributed by atoms with Crippen LogP contribution >= 0.6 is 7.82 Å². The third-order valence-electron chi connectivity index (χ3n) is 8.49. The van der Waals surface area contributed by atoms with Gasteiger partial charge in [-0.15, -0.1) is 0 Å². The predicted molar refractivity (Wildman–Crippen MR) is 192 cm³/mol. The van der Waals surface area contributed by atoms with Gasteiger partial charge in [-0.25, -0.2) is 4.57 Å². The van der Waals surface area contributed by atoms with Crippen molar-refractivity contribution in [3.63, 3.8) is 0 Å². The fraction of sp³-hybridized carbons (Fsp3) is 0.946. The summed E-state index contributed by atoms with van der Waals surface area (Å²) in [5, 5.41) is 0. The molecule has 2 unspecified atom stereocenters. The highest BCUT2D eigenvalue weighted by Gasteiger charge is 2.25. The monoisotopic (exact) mass is 692 g/mol. The molecule has 0 bridgehead atoms. The average molecular weight is 692 g/mol. The van der Waals surface area contributed by atoms with E-state index in [0.29, 0.717) is 6.42 Å². The quantitative estimate of drug-likeness (QED) is 0.0371. The molecule has 2 atom stereocenters. The second kappa shape index (κ2) is 34.9. The lowest BCUT2D eigenvalue weighted by Crippen LogP contribution is -2.29. The van der Waals surface area contributed by atoms with Gasteiger partial charge in [0, 0.05) is 19.4 Å². The lowest BCUT2D eigenvalue weighted by molar-refractivity contribution is -0.161. The Kier molecular flexibility index (Phi) is 34.1. The van der Waals surface area contributed by atoms with E-state index in [-0.39, 0.29) is 38.6 Å². The van der Waals surface area contributed by atoms with Crippen LogP contribution in [-0.2, 0) is 32.7 Å². The molecule has 0 aliphatic carbocycles. The zero-order valence-electron chi connectivity index (χ0n) is 30.5. The van der Waals surface area contributed by atoms with Crippen LogP contribution in [0.3, 0.4) is 0 Å². The number of carbonyl (C=O) groups excluding carboxylic acids is 2. The molecule has 0 fully saturated rings. The van der Waals surface area contributed by atoms with Gasteiger partial charge in [0.2, 0.25) is 0 Å². The van der Waals surface area contributed by atoms with Crippen LogP contribution in [0, 0.1) is 0 Å². The smallest absolute Gasteiger partial charge is 0.462 e. The van der Waals surface area contributed by atoms with Crippen LogP contribution in [0.25, 0.3) is 0 Å². The van der Waals surface area contributed by atoms with Crippen LogP contribution in [0.4, 0.5) is 0 Å². The van der Waals surface area contributed by atoms with Gasteiger partial charge in [0.05, 0.1) is 13.2 Å². The number of carbonyl (C=O) groups is 2. The van der Waals surface area contributed by atoms with Gasteiger partial charge in [-0.2, -0.15) is 0 Å². The van der Waals surface area contributed by atoms with Crippen molar-refractivity contribution in [2.75, 3.05) is 26.4 Å².